The monoisotopic (exact) mass is 175 g/mol. The number of rotatable bonds is 2. The van der Waals surface area contributed by atoms with Gasteiger partial charge in [0.2, 0.25) is 0 Å². The summed E-state index contributed by atoms with van der Waals surface area (Å²) in [5.41, 5.74) is 2.72. The van der Waals surface area contributed by atoms with Gasteiger partial charge in [0, 0.05) is 6.54 Å². The Hall–Kier alpha value is -0.350. The second-order valence-corrected chi connectivity index (χ2v) is 4.12. The highest BCUT2D eigenvalue weighted by molar-refractivity contribution is 7.80. The van der Waals surface area contributed by atoms with Gasteiger partial charge in [-0.15, -0.1) is 0 Å². The SMILES string of the molecule is CC(C)(C)CCNC(=S)NN. The highest BCUT2D eigenvalue weighted by atomic mass is 32.1. The molecule has 0 aliphatic rings. The van der Waals surface area contributed by atoms with Crippen LogP contribution in [-0.4, -0.2) is 11.7 Å². The molecule has 0 radical (unpaired) electrons. The number of hydrogen-bond acceptors (Lipinski definition) is 2. The number of nitrogens with one attached hydrogen (secondary N) is 2. The molecule has 0 aliphatic heterocycles. The first-order valence-electron chi connectivity index (χ1n) is 3.70. The molecule has 0 unspecified atom stereocenters. The van der Waals surface area contributed by atoms with Gasteiger partial charge in [0.1, 0.15) is 0 Å². The van der Waals surface area contributed by atoms with E-state index < -0.39 is 0 Å². The fourth-order valence-electron chi connectivity index (χ4n) is 0.602. The molecule has 66 valence electrons. The molecule has 0 aromatic carbocycles. The second-order valence-electron chi connectivity index (χ2n) is 3.71. The summed E-state index contributed by atoms with van der Waals surface area (Å²) in [7, 11) is 0. The zero-order chi connectivity index (χ0) is 8.91. The van der Waals surface area contributed by atoms with Crippen LogP contribution in [0.5, 0.6) is 0 Å². The Balaban J connectivity index is 3.35. The Morgan fingerprint density at radius 1 is 1.45 bits per heavy atom. The fraction of sp³-hybridized carbons (Fsp3) is 0.857. The van der Waals surface area contributed by atoms with E-state index in [1.807, 2.05) is 0 Å². The lowest BCUT2D eigenvalue weighted by molar-refractivity contribution is 0.378. The summed E-state index contributed by atoms with van der Waals surface area (Å²) in [6.07, 6.45) is 1.08. The molecule has 3 nitrogen and oxygen atoms in total. The van der Waals surface area contributed by atoms with Gasteiger partial charge in [-0.2, -0.15) is 0 Å². The van der Waals surface area contributed by atoms with Crippen molar-refractivity contribution in [2.75, 3.05) is 6.54 Å². The molecule has 0 aliphatic carbocycles. The van der Waals surface area contributed by atoms with Crippen molar-refractivity contribution >= 4 is 17.3 Å². The number of hydrazine groups is 1. The summed E-state index contributed by atoms with van der Waals surface area (Å²) in [6, 6.07) is 0. The molecule has 0 saturated carbocycles. The lowest BCUT2D eigenvalue weighted by Gasteiger charge is -2.18. The molecule has 0 saturated heterocycles. The Kier molecular flexibility index (Phi) is 4.37. The minimum atomic E-state index is 0.344. The first-order valence-corrected chi connectivity index (χ1v) is 4.11. The lowest BCUT2D eigenvalue weighted by atomic mass is 9.92. The Morgan fingerprint density at radius 2 is 2.00 bits per heavy atom. The average molecular weight is 175 g/mol. The molecule has 0 heterocycles. The molecule has 4 N–H and O–H groups in total. The van der Waals surface area contributed by atoms with Gasteiger partial charge in [0.05, 0.1) is 0 Å². The van der Waals surface area contributed by atoms with Crippen molar-refractivity contribution in [1.82, 2.24) is 10.7 Å². The maximum absolute atomic E-state index is 5.07. The van der Waals surface area contributed by atoms with Crippen LogP contribution < -0.4 is 16.6 Å². The van der Waals surface area contributed by atoms with Gasteiger partial charge >= 0.3 is 0 Å². The van der Waals surface area contributed by atoms with Gasteiger partial charge in [0.15, 0.2) is 5.11 Å². The van der Waals surface area contributed by atoms with Crippen molar-refractivity contribution in [3.63, 3.8) is 0 Å². The molecule has 0 amide bonds. The third-order valence-corrected chi connectivity index (χ3v) is 1.55. The van der Waals surface area contributed by atoms with Crippen molar-refractivity contribution < 1.29 is 0 Å². The fourth-order valence-corrected chi connectivity index (χ4v) is 0.704. The van der Waals surface area contributed by atoms with Crippen molar-refractivity contribution in [2.24, 2.45) is 11.3 Å². The number of thiocarbonyl (C=S) groups is 1. The van der Waals surface area contributed by atoms with E-state index in [1.165, 1.54) is 0 Å². The summed E-state index contributed by atoms with van der Waals surface area (Å²) in [4.78, 5) is 0. The van der Waals surface area contributed by atoms with Crippen LogP contribution in [-0.2, 0) is 0 Å². The van der Waals surface area contributed by atoms with Crippen LogP contribution >= 0.6 is 12.2 Å². The zero-order valence-electron chi connectivity index (χ0n) is 7.40. The molecular weight excluding hydrogens is 158 g/mol. The van der Waals surface area contributed by atoms with Gasteiger partial charge in [-0.05, 0) is 24.1 Å². The summed E-state index contributed by atoms with van der Waals surface area (Å²) >= 11 is 4.80. The van der Waals surface area contributed by atoms with E-state index in [2.05, 4.69) is 31.5 Å². The topological polar surface area (TPSA) is 50.1 Å². The molecule has 4 heteroatoms. The van der Waals surface area contributed by atoms with Crippen LogP contribution in [0.15, 0.2) is 0 Å². The number of nitrogens with two attached hydrogens (primary N) is 1. The Labute approximate surface area is 73.7 Å². The van der Waals surface area contributed by atoms with Gasteiger partial charge < -0.3 is 10.7 Å². The van der Waals surface area contributed by atoms with Gasteiger partial charge in [0.25, 0.3) is 0 Å². The minimum Gasteiger partial charge on any atom is -0.362 e. The summed E-state index contributed by atoms with van der Waals surface area (Å²) in [6.45, 7) is 7.43. The third kappa shape index (κ3) is 7.55. The quantitative estimate of drug-likeness (QED) is 0.329. The van der Waals surface area contributed by atoms with E-state index in [0.717, 1.165) is 13.0 Å². The van der Waals surface area contributed by atoms with Gasteiger partial charge in [-0.25, -0.2) is 5.84 Å². The van der Waals surface area contributed by atoms with Crippen molar-refractivity contribution in [3.05, 3.63) is 0 Å². The normalized spacial score (nSPS) is 10.9. The average Bonchev–Trinajstić information content (AvgIpc) is 1.85. The van der Waals surface area contributed by atoms with E-state index in [0.29, 0.717) is 10.5 Å². The van der Waals surface area contributed by atoms with Crippen LogP contribution in [0.1, 0.15) is 27.2 Å². The first kappa shape index (κ1) is 10.7. The molecule has 0 bridgehead atoms. The first-order chi connectivity index (χ1) is 4.95. The van der Waals surface area contributed by atoms with Crippen LogP contribution in [0, 0.1) is 5.41 Å². The van der Waals surface area contributed by atoms with Crippen LogP contribution in [0.25, 0.3) is 0 Å². The number of hydrogen-bond donors (Lipinski definition) is 3. The van der Waals surface area contributed by atoms with Crippen LogP contribution in [0.2, 0.25) is 0 Å². The van der Waals surface area contributed by atoms with Gasteiger partial charge in [-0.3, -0.25) is 0 Å². The molecular formula is C7H17N3S. The molecule has 0 spiro atoms. The standard InChI is InChI=1S/C7H17N3S/c1-7(2,3)4-5-9-6(11)10-8/h4-5,8H2,1-3H3,(H2,9,10,11). The largest absolute Gasteiger partial charge is 0.362 e. The molecule has 11 heavy (non-hydrogen) atoms. The zero-order valence-corrected chi connectivity index (χ0v) is 8.22. The van der Waals surface area contributed by atoms with Gasteiger partial charge in [-0.1, -0.05) is 20.8 Å². The van der Waals surface area contributed by atoms with E-state index in [-0.39, 0.29) is 0 Å². The van der Waals surface area contributed by atoms with E-state index in [4.69, 9.17) is 18.1 Å². The van der Waals surface area contributed by atoms with E-state index in [1.54, 1.807) is 0 Å². The predicted octanol–water partition coefficient (Wildman–Crippen LogP) is 0.760. The smallest absolute Gasteiger partial charge is 0.180 e. The van der Waals surface area contributed by atoms with Crippen LogP contribution in [0.4, 0.5) is 0 Å². The van der Waals surface area contributed by atoms with E-state index >= 15 is 0 Å². The van der Waals surface area contributed by atoms with E-state index in [9.17, 15) is 0 Å². The predicted molar refractivity (Wildman–Crippen MR) is 52.0 cm³/mol. The molecule has 0 rings (SSSR count). The van der Waals surface area contributed by atoms with Crippen molar-refractivity contribution in [1.29, 1.82) is 0 Å². The van der Waals surface area contributed by atoms with Crippen molar-refractivity contribution in [2.45, 2.75) is 27.2 Å². The highest BCUT2D eigenvalue weighted by Gasteiger charge is 2.08. The Bertz CT molecular complexity index is 128. The van der Waals surface area contributed by atoms with Crippen molar-refractivity contribution in [3.8, 4) is 0 Å². The highest BCUT2D eigenvalue weighted by Crippen LogP contribution is 2.16. The molecule has 0 aromatic heterocycles. The third-order valence-electron chi connectivity index (χ3n) is 1.29. The van der Waals surface area contributed by atoms with Crippen LogP contribution in [0.3, 0.4) is 0 Å². The minimum absolute atomic E-state index is 0.344. The summed E-state index contributed by atoms with van der Waals surface area (Å²) in [5, 5.41) is 3.49. The molecule has 0 fully saturated rings. The maximum Gasteiger partial charge on any atom is 0.180 e. The second kappa shape index (κ2) is 4.51. The molecule has 0 aromatic rings. The lowest BCUT2D eigenvalue weighted by Crippen LogP contribution is -2.40. The summed E-state index contributed by atoms with van der Waals surface area (Å²) in [5.74, 6) is 5.07. The summed E-state index contributed by atoms with van der Waals surface area (Å²) < 4.78 is 0. The maximum atomic E-state index is 5.07. The molecule has 0 atom stereocenters. The Morgan fingerprint density at radius 3 is 2.36 bits per heavy atom.